The van der Waals surface area contributed by atoms with Gasteiger partial charge >= 0.3 is 5.97 Å². The van der Waals surface area contributed by atoms with E-state index >= 15 is 0 Å². The zero-order chi connectivity index (χ0) is 20.5. The Bertz CT molecular complexity index is 835. The second kappa shape index (κ2) is 10.4. The monoisotopic (exact) mass is 403 g/mol. The van der Waals surface area contributed by atoms with E-state index in [1.54, 1.807) is 36.4 Å². The number of nitrogens with one attached hydrogen (secondary N) is 1. The molecular formula is C21H22ClNO5. The Kier molecular flexibility index (Phi) is 7.89. The Labute approximate surface area is 169 Å². The summed E-state index contributed by atoms with van der Waals surface area (Å²) in [5.74, 6) is -0.218. The lowest BCUT2D eigenvalue weighted by atomic mass is 10.1. The minimum Gasteiger partial charge on any atom is -0.493 e. The van der Waals surface area contributed by atoms with Gasteiger partial charge in [-0.1, -0.05) is 23.7 Å². The molecule has 0 unspecified atom stereocenters. The van der Waals surface area contributed by atoms with Crippen molar-refractivity contribution in [3.63, 3.8) is 0 Å². The number of hydrogen-bond acceptors (Lipinski definition) is 5. The van der Waals surface area contributed by atoms with Gasteiger partial charge in [0.25, 0.3) is 5.91 Å². The predicted molar refractivity (Wildman–Crippen MR) is 108 cm³/mol. The van der Waals surface area contributed by atoms with E-state index in [9.17, 15) is 9.59 Å². The molecule has 2 aromatic rings. The summed E-state index contributed by atoms with van der Waals surface area (Å²) in [6, 6.07) is 12.0. The van der Waals surface area contributed by atoms with Crippen LogP contribution in [-0.2, 0) is 20.7 Å². The van der Waals surface area contributed by atoms with Gasteiger partial charge in [0.1, 0.15) is 0 Å². The molecule has 1 atom stereocenters. The zero-order valence-corrected chi connectivity index (χ0v) is 16.5. The van der Waals surface area contributed by atoms with Crippen LogP contribution in [-0.4, -0.2) is 31.7 Å². The quantitative estimate of drug-likeness (QED) is 0.505. The highest BCUT2D eigenvalue weighted by molar-refractivity contribution is 6.30. The van der Waals surface area contributed by atoms with Crippen LogP contribution in [0.1, 0.15) is 12.5 Å². The molecule has 0 saturated heterocycles. The number of carbonyl (C=O) groups is 2. The van der Waals surface area contributed by atoms with Crippen molar-refractivity contribution in [1.29, 1.82) is 0 Å². The van der Waals surface area contributed by atoms with Gasteiger partial charge < -0.3 is 19.5 Å². The molecule has 2 rings (SSSR count). The fourth-order valence-electron chi connectivity index (χ4n) is 2.32. The van der Waals surface area contributed by atoms with Gasteiger partial charge in [0.05, 0.1) is 7.11 Å². The Morgan fingerprint density at radius 2 is 1.89 bits per heavy atom. The minimum absolute atomic E-state index is 0.351. The molecule has 2 aromatic carbocycles. The summed E-state index contributed by atoms with van der Waals surface area (Å²) in [4.78, 5) is 24.1. The first-order chi connectivity index (χ1) is 13.4. The van der Waals surface area contributed by atoms with Crippen LogP contribution in [0.25, 0.3) is 0 Å². The Balaban J connectivity index is 1.86. The number of benzene rings is 2. The zero-order valence-electron chi connectivity index (χ0n) is 15.7. The SMILES string of the molecule is C=CCc1ccc(OCC(=O)O[C@H](C)C(=O)Nc2ccc(Cl)cc2)c(OC)c1. The van der Waals surface area contributed by atoms with Crippen LogP contribution < -0.4 is 14.8 Å². The van der Waals surface area contributed by atoms with Crippen LogP contribution in [0.2, 0.25) is 5.02 Å². The summed E-state index contributed by atoms with van der Waals surface area (Å²) >= 11 is 5.80. The lowest BCUT2D eigenvalue weighted by molar-refractivity contribution is -0.155. The van der Waals surface area contributed by atoms with E-state index in [0.717, 1.165) is 5.56 Å². The Morgan fingerprint density at radius 3 is 2.54 bits per heavy atom. The van der Waals surface area contributed by atoms with E-state index < -0.39 is 18.0 Å². The van der Waals surface area contributed by atoms with E-state index in [0.29, 0.717) is 28.6 Å². The lowest BCUT2D eigenvalue weighted by Gasteiger charge is -2.15. The van der Waals surface area contributed by atoms with Gasteiger partial charge in [0.15, 0.2) is 24.2 Å². The van der Waals surface area contributed by atoms with Crippen molar-refractivity contribution in [3.05, 3.63) is 65.7 Å². The topological polar surface area (TPSA) is 73.9 Å². The standard InChI is InChI=1S/C21H22ClNO5/c1-4-5-15-6-11-18(19(12-15)26-3)27-13-20(24)28-14(2)21(25)23-17-9-7-16(22)8-10-17/h4,6-12,14H,1,5,13H2,2-3H3,(H,23,25)/t14-/m1/s1. The molecule has 0 spiro atoms. The number of anilines is 1. The van der Waals surface area contributed by atoms with Gasteiger partial charge in [-0.25, -0.2) is 4.79 Å². The highest BCUT2D eigenvalue weighted by Crippen LogP contribution is 2.28. The molecule has 0 heterocycles. The van der Waals surface area contributed by atoms with Crippen LogP contribution >= 0.6 is 11.6 Å². The maximum Gasteiger partial charge on any atom is 0.344 e. The molecule has 148 valence electrons. The number of allylic oxidation sites excluding steroid dienone is 1. The largest absolute Gasteiger partial charge is 0.493 e. The van der Waals surface area contributed by atoms with Crippen molar-refractivity contribution in [3.8, 4) is 11.5 Å². The first kappa shape index (κ1) is 21.3. The van der Waals surface area contributed by atoms with E-state index in [1.165, 1.54) is 14.0 Å². The maximum absolute atomic E-state index is 12.1. The fourth-order valence-corrected chi connectivity index (χ4v) is 2.45. The van der Waals surface area contributed by atoms with E-state index in [4.69, 9.17) is 25.8 Å². The summed E-state index contributed by atoms with van der Waals surface area (Å²) < 4.78 is 15.8. The van der Waals surface area contributed by atoms with Crippen LogP contribution in [0.5, 0.6) is 11.5 Å². The van der Waals surface area contributed by atoms with Gasteiger partial charge in [-0.3, -0.25) is 4.79 Å². The third-order valence-electron chi connectivity index (χ3n) is 3.74. The smallest absolute Gasteiger partial charge is 0.344 e. The minimum atomic E-state index is -0.983. The molecule has 28 heavy (non-hydrogen) atoms. The number of rotatable bonds is 9. The molecule has 0 aliphatic rings. The third-order valence-corrected chi connectivity index (χ3v) is 3.99. The molecule has 0 aliphatic heterocycles. The maximum atomic E-state index is 12.1. The fraction of sp³-hybridized carbons (Fsp3) is 0.238. The molecule has 0 radical (unpaired) electrons. The number of carbonyl (C=O) groups excluding carboxylic acids is 2. The molecule has 0 bridgehead atoms. The number of halogens is 1. The molecule has 0 saturated carbocycles. The van der Waals surface area contributed by atoms with Crippen LogP contribution in [0.15, 0.2) is 55.1 Å². The number of hydrogen-bond donors (Lipinski definition) is 1. The van der Waals surface area contributed by atoms with Crippen molar-refractivity contribution >= 4 is 29.2 Å². The molecular weight excluding hydrogens is 382 g/mol. The molecule has 1 N–H and O–H groups in total. The number of methoxy groups -OCH3 is 1. The van der Waals surface area contributed by atoms with Crippen molar-refractivity contribution < 1.29 is 23.8 Å². The second-order valence-corrected chi connectivity index (χ2v) is 6.33. The van der Waals surface area contributed by atoms with Gasteiger partial charge in [-0.2, -0.15) is 0 Å². The van der Waals surface area contributed by atoms with Gasteiger partial charge in [0.2, 0.25) is 0 Å². The summed E-state index contributed by atoms with van der Waals surface area (Å²) in [6.45, 7) is 4.82. The van der Waals surface area contributed by atoms with E-state index in [-0.39, 0.29) is 6.61 Å². The van der Waals surface area contributed by atoms with Crippen LogP contribution in [0.4, 0.5) is 5.69 Å². The summed E-state index contributed by atoms with van der Waals surface area (Å²) in [6.07, 6.45) is 1.49. The van der Waals surface area contributed by atoms with Crippen LogP contribution in [0, 0.1) is 0 Å². The average Bonchev–Trinajstić information content (AvgIpc) is 2.68. The molecule has 0 aromatic heterocycles. The van der Waals surface area contributed by atoms with Gasteiger partial charge in [-0.05, 0) is 55.3 Å². The number of amides is 1. The summed E-state index contributed by atoms with van der Waals surface area (Å²) in [5, 5.41) is 3.20. The normalized spacial score (nSPS) is 11.2. The van der Waals surface area contributed by atoms with Crippen molar-refractivity contribution in [2.24, 2.45) is 0 Å². The number of ether oxygens (including phenoxy) is 3. The van der Waals surface area contributed by atoms with Crippen molar-refractivity contribution in [2.75, 3.05) is 19.0 Å². The molecule has 6 nitrogen and oxygen atoms in total. The predicted octanol–water partition coefficient (Wildman–Crippen LogP) is 4.03. The molecule has 0 fully saturated rings. The van der Waals surface area contributed by atoms with Crippen LogP contribution in [0.3, 0.4) is 0 Å². The highest BCUT2D eigenvalue weighted by Gasteiger charge is 2.19. The Hall–Kier alpha value is -2.99. The molecule has 0 aliphatic carbocycles. The second-order valence-electron chi connectivity index (χ2n) is 5.89. The van der Waals surface area contributed by atoms with E-state index in [2.05, 4.69) is 11.9 Å². The van der Waals surface area contributed by atoms with Crippen molar-refractivity contribution in [2.45, 2.75) is 19.4 Å². The Morgan fingerprint density at radius 1 is 1.18 bits per heavy atom. The van der Waals surface area contributed by atoms with Gasteiger partial charge in [-0.15, -0.1) is 6.58 Å². The molecule has 1 amide bonds. The number of esters is 1. The lowest BCUT2D eigenvalue weighted by Crippen LogP contribution is -2.31. The third kappa shape index (κ3) is 6.32. The highest BCUT2D eigenvalue weighted by atomic mass is 35.5. The summed E-state index contributed by atoms with van der Waals surface area (Å²) in [7, 11) is 1.52. The van der Waals surface area contributed by atoms with E-state index in [1.807, 2.05) is 12.1 Å². The van der Waals surface area contributed by atoms with Gasteiger partial charge in [0, 0.05) is 10.7 Å². The molecule has 7 heteroatoms. The first-order valence-electron chi connectivity index (χ1n) is 8.59. The average molecular weight is 404 g/mol. The first-order valence-corrected chi connectivity index (χ1v) is 8.97. The summed E-state index contributed by atoms with van der Waals surface area (Å²) in [5.41, 5.74) is 1.56. The van der Waals surface area contributed by atoms with Crippen molar-refractivity contribution in [1.82, 2.24) is 0 Å².